The first-order chi connectivity index (χ1) is 9.31. The molecule has 0 aromatic carbocycles. The van der Waals surface area contributed by atoms with Crippen molar-refractivity contribution in [1.82, 2.24) is 5.32 Å². The van der Waals surface area contributed by atoms with E-state index in [0.717, 1.165) is 31.1 Å². The molecule has 2 nitrogen and oxygen atoms in total. The van der Waals surface area contributed by atoms with Gasteiger partial charge in [-0.15, -0.1) is 0 Å². The van der Waals surface area contributed by atoms with Gasteiger partial charge in [0.15, 0.2) is 0 Å². The van der Waals surface area contributed by atoms with Gasteiger partial charge in [-0.3, -0.25) is 0 Å². The summed E-state index contributed by atoms with van der Waals surface area (Å²) in [7, 11) is 0. The minimum absolute atomic E-state index is 0.773. The monoisotopic (exact) mass is 269 g/mol. The van der Waals surface area contributed by atoms with Crippen molar-refractivity contribution in [3.05, 3.63) is 0 Å². The number of rotatable bonds is 10. The third kappa shape index (κ3) is 6.76. The molecule has 1 N–H and O–H groups in total. The van der Waals surface area contributed by atoms with Gasteiger partial charge in [-0.25, -0.2) is 0 Å². The Labute approximate surface area is 120 Å². The smallest absolute Gasteiger partial charge is 0.0466 e. The SMILES string of the molecule is CCCNC1CCC(CCC)CC1CCCOCC. The molecule has 1 rings (SSSR count). The van der Waals surface area contributed by atoms with Crippen LogP contribution in [0.1, 0.15) is 72.1 Å². The molecule has 114 valence electrons. The lowest BCUT2D eigenvalue weighted by atomic mass is 9.74. The van der Waals surface area contributed by atoms with Gasteiger partial charge in [0.1, 0.15) is 0 Å². The molecule has 0 radical (unpaired) electrons. The number of hydrogen-bond donors (Lipinski definition) is 1. The molecule has 1 aliphatic carbocycles. The Morgan fingerprint density at radius 1 is 1.05 bits per heavy atom. The fourth-order valence-electron chi connectivity index (χ4n) is 3.54. The topological polar surface area (TPSA) is 21.3 Å². The Morgan fingerprint density at radius 2 is 1.89 bits per heavy atom. The molecule has 0 spiro atoms. The normalized spacial score (nSPS) is 27.6. The van der Waals surface area contributed by atoms with E-state index in [0.29, 0.717) is 0 Å². The molecule has 0 aliphatic heterocycles. The summed E-state index contributed by atoms with van der Waals surface area (Å²) < 4.78 is 5.49. The third-order valence-electron chi connectivity index (χ3n) is 4.51. The lowest BCUT2D eigenvalue weighted by Gasteiger charge is -2.37. The highest BCUT2D eigenvalue weighted by Gasteiger charge is 2.29. The number of hydrogen-bond acceptors (Lipinski definition) is 2. The lowest BCUT2D eigenvalue weighted by molar-refractivity contribution is 0.124. The summed E-state index contributed by atoms with van der Waals surface area (Å²) >= 11 is 0. The molecule has 0 amide bonds. The molecule has 0 heterocycles. The summed E-state index contributed by atoms with van der Waals surface area (Å²) in [5, 5.41) is 3.78. The molecule has 3 unspecified atom stereocenters. The van der Waals surface area contributed by atoms with E-state index in [4.69, 9.17) is 4.74 Å². The molecular weight excluding hydrogens is 234 g/mol. The van der Waals surface area contributed by atoms with Crippen LogP contribution in [0.15, 0.2) is 0 Å². The van der Waals surface area contributed by atoms with Crippen LogP contribution in [0.25, 0.3) is 0 Å². The van der Waals surface area contributed by atoms with E-state index in [2.05, 4.69) is 26.1 Å². The van der Waals surface area contributed by atoms with Gasteiger partial charge in [-0.05, 0) is 63.8 Å². The minimum atomic E-state index is 0.773. The Kier molecular flexibility index (Phi) is 9.54. The average molecular weight is 269 g/mol. The van der Waals surface area contributed by atoms with Gasteiger partial charge in [-0.2, -0.15) is 0 Å². The largest absolute Gasteiger partial charge is 0.382 e. The first kappa shape index (κ1) is 17.0. The van der Waals surface area contributed by atoms with Crippen molar-refractivity contribution in [3.63, 3.8) is 0 Å². The lowest BCUT2D eigenvalue weighted by Crippen LogP contribution is -2.41. The molecule has 2 heteroatoms. The number of nitrogens with one attached hydrogen (secondary N) is 1. The highest BCUT2D eigenvalue weighted by Crippen LogP contribution is 2.34. The van der Waals surface area contributed by atoms with E-state index in [-0.39, 0.29) is 0 Å². The molecule has 0 aromatic heterocycles. The molecule has 0 saturated heterocycles. The van der Waals surface area contributed by atoms with Crippen LogP contribution in [0.2, 0.25) is 0 Å². The second kappa shape index (κ2) is 10.7. The summed E-state index contributed by atoms with van der Waals surface area (Å²) in [5.41, 5.74) is 0. The predicted octanol–water partition coefficient (Wildman–Crippen LogP) is 4.39. The summed E-state index contributed by atoms with van der Waals surface area (Å²) in [6.07, 6.45) is 10.9. The van der Waals surface area contributed by atoms with Crippen LogP contribution in [0.4, 0.5) is 0 Å². The maximum Gasteiger partial charge on any atom is 0.0466 e. The maximum atomic E-state index is 5.49. The average Bonchev–Trinajstić information content (AvgIpc) is 2.43. The summed E-state index contributed by atoms with van der Waals surface area (Å²) in [6, 6.07) is 0.773. The van der Waals surface area contributed by atoms with Crippen LogP contribution < -0.4 is 5.32 Å². The van der Waals surface area contributed by atoms with Crippen molar-refractivity contribution >= 4 is 0 Å². The van der Waals surface area contributed by atoms with Crippen molar-refractivity contribution in [2.45, 2.75) is 78.2 Å². The molecular formula is C17H35NO. The highest BCUT2D eigenvalue weighted by molar-refractivity contribution is 4.84. The second-order valence-corrected chi connectivity index (χ2v) is 6.13. The molecule has 0 aromatic rings. The third-order valence-corrected chi connectivity index (χ3v) is 4.51. The summed E-state index contributed by atoms with van der Waals surface area (Å²) in [6.45, 7) is 9.67. The van der Waals surface area contributed by atoms with E-state index in [1.165, 1.54) is 57.9 Å². The van der Waals surface area contributed by atoms with Crippen molar-refractivity contribution in [3.8, 4) is 0 Å². The van der Waals surface area contributed by atoms with Crippen molar-refractivity contribution in [2.75, 3.05) is 19.8 Å². The van der Waals surface area contributed by atoms with Gasteiger partial charge in [0.05, 0.1) is 0 Å². The zero-order chi connectivity index (χ0) is 13.9. The quantitative estimate of drug-likeness (QED) is 0.594. The van der Waals surface area contributed by atoms with Gasteiger partial charge in [0.25, 0.3) is 0 Å². The van der Waals surface area contributed by atoms with Crippen LogP contribution in [-0.4, -0.2) is 25.8 Å². The maximum absolute atomic E-state index is 5.49. The van der Waals surface area contributed by atoms with E-state index >= 15 is 0 Å². The zero-order valence-electron chi connectivity index (χ0n) is 13.4. The van der Waals surface area contributed by atoms with Crippen molar-refractivity contribution in [1.29, 1.82) is 0 Å². The summed E-state index contributed by atoms with van der Waals surface area (Å²) in [4.78, 5) is 0. The van der Waals surface area contributed by atoms with Crippen LogP contribution in [-0.2, 0) is 4.74 Å². The van der Waals surface area contributed by atoms with Crippen LogP contribution >= 0.6 is 0 Å². The van der Waals surface area contributed by atoms with E-state index in [9.17, 15) is 0 Å². The molecule has 19 heavy (non-hydrogen) atoms. The second-order valence-electron chi connectivity index (χ2n) is 6.13. The highest BCUT2D eigenvalue weighted by atomic mass is 16.5. The Hall–Kier alpha value is -0.0800. The van der Waals surface area contributed by atoms with E-state index < -0.39 is 0 Å². The van der Waals surface area contributed by atoms with E-state index in [1.54, 1.807) is 0 Å². The van der Waals surface area contributed by atoms with Gasteiger partial charge < -0.3 is 10.1 Å². The molecule has 1 aliphatic rings. The Morgan fingerprint density at radius 3 is 2.58 bits per heavy atom. The van der Waals surface area contributed by atoms with Crippen LogP contribution in [0, 0.1) is 11.8 Å². The zero-order valence-corrected chi connectivity index (χ0v) is 13.4. The first-order valence-corrected chi connectivity index (χ1v) is 8.62. The van der Waals surface area contributed by atoms with Gasteiger partial charge in [0, 0.05) is 19.3 Å². The number of ether oxygens (including phenoxy) is 1. The molecule has 1 fully saturated rings. The standard InChI is InChI=1S/C17H35NO/c1-4-8-15-10-11-17(18-12-5-2)16(14-15)9-7-13-19-6-3/h15-18H,4-14H2,1-3H3. The van der Waals surface area contributed by atoms with Gasteiger partial charge in [-0.1, -0.05) is 26.7 Å². The van der Waals surface area contributed by atoms with Crippen molar-refractivity contribution in [2.24, 2.45) is 11.8 Å². The molecule has 1 saturated carbocycles. The van der Waals surface area contributed by atoms with Crippen molar-refractivity contribution < 1.29 is 4.74 Å². The molecule has 3 atom stereocenters. The van der Waals surface area contributed by atoms with Gasteiger partial charge >= 0.3 is 0 Å². The predicted molar refractivity (Wildman–Crippen MR) is 83.5 cm³/mol. The fourth-order valence-corrected chi connectivity index (χ4v) is 3.54. The minimum Gasteiger partial charge on any atom is -0.382 e. The van der Waals surface area contributed by atoms with Crippen LogP contribution in [0.5, 0.6) is 0 Å². The molecule has 0 bridgehead atoms. The van der Waals surface area contributed by atoms with Crippen LogP contribution in [0.3, 0.4) is 0 Å². The fraction of sp³-hybridized carbons (Fsp3) is 1.00. The Bertz CT molecular complexity index is 207. The van der Waals surface area contributed by atoms with E-state index in [1.807, 2.05) is 0 Å². The summed E-state index contributed by atoms with van der Waals surface area (Å²) in [5.74, 6) is 1.87. The first-order valence-electron chi connectivity index (χ1n) is 8.62. The Balaban J connectivity index is 2.35. The van der Waals surface area contributed by atoms with Gasteiger partial charge in [0.2, 0.25) is 0 Å².